The van der Waals surface area contributed by atoms with Crippen molar-refractivity contribution in [3.63, 3.8) is 0 Å². The number of nitrogens with one attached hydrogen (secondary N) is 1. The van der Waals surface area contributed by atoms with Gasteiger partial charge in [0.2, 0.25) is 5.91 Å². The lowest BCUT2D eigenvalue weighted by atomic mass is 9.78. The molecule has 2 amide bonds. The largest absolute Gasteiger partial charge is 0.348 e. The highest BCUT2D eigenvalue weighted by Crippen LogP contribution is 2.42. The number of amides is 2. The first-order valence-corrected chi connectivity index (χ1v) is 10.1. The fraction of sp³-hybridized carbons (Fsp3) is 0.450. The van der Waals surface area contributed by atoms with Crippen LogP contribution in [0.25, 0.3) is 5.65 Å². The molecule has 0 bridgehead atoms. The van der Waals surface area contributed by atoms with E-state index in [-0.39, 0.29) is 11.8 Å². The zero-order valence-corrected chi connectivity index (χ0v) is 16.3. The van der Waals surface area contributed by atoms with Gasteiger partial charge in [-0.2, -0.15) is 5.10 Å². The first-order chi connectivity index (χ1) is 14.1. The van der Waals surface area contributed by atoms with Crippen LogP contribution in [0.1, 0.15) is 48.1 Å². The van der Waals surface area contributed by atoms with Gasteiger partial charge in [0.15, 0.2) is 11.3 Å². The van der Waals surface area contributed by atoms with Crippen molar-refractivity contribution in [2.24, 2.45) is 0 Å². The van der Waals surface area contributed by atoms with Crippen molar-refractivity contribution in [3.05, 3.63) is 47.9 Å². The smallest absolute Gasteiger partial charge is 0.274 e. The molecule has 0 unspecified atom stereocenters. The highest BCUT2D eigenvalue weighted by Gasteiger charge is 2.48. The van der Waals surface area contributed by atoms with E-state index in [4.69, 9.17) is 0 Å². The first-order valence-electron chi connectivity index (χ1n) is 10.1. The molecule has 1 spiro atoms. The molecule has 2 aliphatic heterocycles. The van der Waals surface area contributed by atoms with Gasteiger partial charge in [-0.1, -0.05) is 6.92 Å². The van der Waals surface area contributed by atoms with E-state index >= 15 is 0 Å². The monoisotopic (exact) mass is 393 g/mol. The third-order valence-electron chi connectivity index (χ3n) is 6.20. The maximum Gasteiger partial charge on any atom is 0.274 e. The Morgan fingerprint density at radius 1 is 1.21 bits per heavy atom. The number of fused-ring (bicyclic) bond motifs is 3. The Morgan fingerprint density at radius 3 is 2.79 bits per heavy atom. The summed E-state index contributed by atoms with van der Waals surface area (Å²) in [5.41, 5.74) is 2.69. The second kappa shape index (κ2) is 6.68. The lowest BCUT2D eigenvalue weighted by Gasteiger charge is -2.50. The second-order valence-electron chi connectivity index (χ2n) is 7.65. The number of hydrogen-bond donors (Lipinski definition) is 1. The van der Waals surface area contributed by atoms with Crippen LogP contribution in [0.15, 0.2) is 30.9 Å². The molecule has 0 atom stereocenters. The predicted octanol–water partition coefficient (Wildman–Crippen LogP) is 1.38. The molecule has 1 saturated heterocycles. The standard InChI is InChI=1S/C20H23N7O2/c1-2-17(28)26-9-4-14-18(23-13-22-14)20(26)5-10-25(11-6-20)19(29)15-12-16-21-7-3-8-27(16)24-15/h3,7-8,12-13H,2,4-6,9-11H2,1H3,(H,22,23). The lowest BCUT2D eigenvalue weighted by molar-refractivity contribution is -0.141. The van der Waals surface area contributed by atoms with Crippen LogP contribution in [-0.4, -0.2) is 65.8 Å². The number of nitrogens with zero attached hydrogens (tertiary/aromatic N) is 6. The molecule has 0 aromatic carbocycles. The number of aromatic amines is 1. The van der Waals surface area contributed by atoms with Gasteiger partial charge in [-0.3, -0.25) is 9.59 Å². The Labute approximate surface area is 167 Å². The van der Waals surface area contributed by atoms with Crippen LogP contribution in [0.3, 0.4) is 0 Å². The van der Waals surface area contributed by atoms with E-state index in [2.05, 4.69) is 20.1 Å². The predicted molar refractivity (Wildman–Crippen MR) is 104 cm³/mol. The average Bonchev–Trinajstić information content (AvgIpc) is 3.41. The lowest BCUT2D eigenvalue weighted by Crippen LogP contribution is -2.58. The maximum atomic E-state index is 13.0. The Balaban J connectivity index is 1.41. The first kappa shape index (κ1) is 17.8. The highest BCUT2D eigenvalue weighted by molar-refractivity contribution is 5.93. The summed E-state index contributed by atoms with van der Waals surface area (Å²) in [7, 11) is 0. The van der Waals surface area contributed by atoms with Crippen molar-refractivity contribution in [2.45, 2.75) is 38.1 Å². The van der Waals surface area contributed by atoms with Crippen molar-refractivity contribution in [1.29, 1.82) is 0 Å². The van der Waals surface area contributed by atoms with Crippen LogP contribution in [0.5, 0.6) is 0 Å². The molecule has 0 saturated carbocycles. The van der Waals surface area contributed by atoms with Gasteiger partial charge in [0.05, 0.1) is 17.6 Å². The van der Waals surface area contributed by atoms with E-state index in [0.29, 0.717) is 50.2 Å². The molecule has 1 N–H and O–H groups in total. The maximum absolute atomic E-state index is 13.0. The number of H-pyrrole nitrogens is 1. The third kappa shape index (κ3) is 2.72. The van der Waals surface area contributed by atoms with Crippen molar-refractivity contribution in [2.75, 3.05) is 19.6 Å². The van der Waals surface area contributed by atoms with E-state index in [1.165, 1.54) is 0 Å². The van der Waals surface area contributed by atoms with Gasteiger partial charge in [0.1, 0.15) is 0 Å². The molecular formula is C20H23N7O2. The van der Waals surface area contributed by atoms with Gasteiger partial charge in [-0.15, -0.1) is 0 Å². The molecule has 150 valence electrons. The van der Waals surface area contributed by atoms with Gasteiger partial charge in [-0.25, -0.2) is 14.5 Å². The van der Waals surface area contributed by atoms with Crippen LogP contribution in [0.4, 0.5) is 0 Å². The Hall–Kier alpha value is -3.23. The molecule has 3 aromatic heterocycles. The molecule has 5 heterocycles. The fourth-order valence-electron chi connectivity index (χ4n) is 4.72. The molecule has 2 aliphatic rings. The van der Waals surface area contributed by atoms with Crippen molar-refractivity contribution < 1.29 is 9.59 Å². The minimum Gasteiger partial charge on any atom is -0.348 e. The summed E-state index contributed by atoms with van der Waals surface area (Å²) >= 11 is 0. The minimum atomic E-state index is -0.433. The summed E-state index contributed by atoms with van der Waals surface area (Å²) < 4.78 is 1.61. The van der Waals surface area contributed by atoms with Gasteiger partial charge in [0.25, 0.3) is 5.91 Å². The summed E-state index contributed by atoms with van der Waals surface area (Å²) in [6.07, 6.45) is 7.78. The molecule has 9 nitrogen and oxygen atoms in total. The number of imidazole rings is 1. The quantitative estimate of drug-likeness (QED) is 0.709. The van der Waals surface area contributed by atoms with Crippen LogP contribution >= 0.6 is 0 Å². The SMILES string of the molecule is CCC(=O)N1CCc2[nH]cnc2C12CCN(C(=O)c1cc3ncccn3n1)CC2. The summed E-state index contributed by atoms with van der Waals surface area (Å²) in [6, 6.07) is 3.49. The Morgan fingerprint density at radius 2 is 2.03 bits per heavy atom. The molecule has 5 rings (SSSR count). The number of rotatable bonds is 2. The molecule has 1 fully saturated rings. The normalized spacial score (nSPS) is 18.2. The fourth-order valence-corrected chi connectivity index (χ4v) is 4.72. The summed E-state index contributed by atoms with van der Waals surface area (Å²) in [4.78, 5) is 41.6. The number of likely N-dealkylation sites (tertiary alicyclic amines) is 1. The summed E-state index contributed by atoms with van der Waals surface area (Å²) in [5, 5.41) is 4.36. The van der Waals surface area contributed by atoms with E-state index < -0.39 is 5.54 Å². The Bertz CT molecular complexity index is 1040. The van der Waals surface area contributed by atoms with E-state index in [9.17, 15) is 9.59 Å². The number of carbonyl (C=O) groups excluding carboxylic acids is 2. The zero-order chi connectivity index (χ0) is 20.0. The van der Waals surface area contributed by atoms with Gasteiger partial charge >= 0.3 is 0 Å². The number of piperidine rings is 1. The number of hydrogen-bond acceptors (Lipinski definition) is 5. The van der Waals surface area contributed by atoms with E-state index in [1.807, 2.05) is 16.7 Å². The molecule has 29 heavy (non-hydrogen) atoms. The van der Waals surface area contributed by atoms with Gasteiger partial charge in [0, 0.05) is 56.6 Å². The zero-order valence-electron chi connectivity index (χ0n) is 16.3. The molecule has 3 aromatic rings. The van der Waals surface area contributed by atoms with Crippen LogP contribution in [0.2, 0.25) is 0 Å². The van der Waals surface area contributed by atoms with E-state index in [0.717, 1.165) is 17.8 Å². The van der Waals surface area contributed by atoms with Crippen molar-refractivity contribution in [1.82, 2.24) is 34.4 Å². The van der Waals surface area contributed by atoms with Gasteiger partial charge < -0.3 is 14.8 Å². The van der Waals surface area contributed by atoms with Crippen LogP contribution in [-0.2, 0) is 16.8 Å². The molecule has 9 heteroatoms. The van der Waals surface area contributed by atoms with Crippen LogP contribution in [0, 0.1) is 0 Å². The topological polar surface area (TPSA) is 99.5 Å². The van der Waals surface area contributed by atoms with Gasteiger partial charge in [-0.05, 0) is 18.9 Å². The average molecular weight is 393 g/mol. The van der Waals surface area contributed by atoms with Crippen molar-refractivity contribution >= 4 is 17.5 Å². The van der Waals surface area contributed by atoms with Crippen molar-refractivity contribution in [3.8, 4) is 0 Å². The Kier molecular flexibility index (Phi) is 4.11. The third-order valence-corrected chi connectivity index (χ3v) is 6.20. The highest BCUT2D eigenvalue weighted by atomic mass is 16.2. The summed E-state index contributed by atoms with van der Waals surface area (Å²) in [5.74, 6) is 0.0432. The van der Waals surface area contributed by atoms with E-state index in [1.54, 1.807) is 35.4 Å². The molecule has 0 radical (unpaired) electrons. The van der Waals surface area contributed by atoms with Crippen LogP contribution < -0.4 is 0 Å². The molecular weight excluding hydrogens is 370 g/mol. The summed E-state index contributed by atoms with van der Waals surface area (Å²) in [6.45, 7) is 3.69. The number of carbonyl (C=O) groups is 2. The molecule has 0 aliphatic carbocycles. The number of aromatic nitrogens is 5. The second-order valence-corrected chi connectivity index (χ2v) is 7.65. The minimum absolute atomic E-state index is 0.100.